The molecule has 3 aliphatic rings. The summed E-state index contributed by atoms with van der Waals surface area (Å²) in [5.74, 6) is 1.36. The average molecular weight is 340 g/mol. The van der Waals surface area contributed by atoms with E-state index in [0.29, 0.717) is 30.5 Å². The summed E-state index contributed by atoms with van der Waals surface area (Å²) in [7, 11) is 4.46. The van der Waals surface area contributed by atoms with Crippen LogP contribution >= 0.6 is 0 Å². The largest absolute Gasteiger partial charge is 0.368 e. The van der Waals surface area contributed by atoms with Crippen LogP contribution in [0.4, 0.5) is 0 Å². The zero-order chi connectivity index (χ0) is 17.3. The summed E-state index contributed by atoms with van der Waals surface area (Å²) in [5.41, 5.74) is 4.32. The number of hydrogen-bond acceptors (Lipinski definition) is 3. The van der Waals surface area contributed by atoms with E-state index in [1.54, 1.807) is 0 Å². The summed E-state index contributed by atoms with van der Waals surface area (Å²) in [6.07, 6.45) is 2.67. The lowest BCUT2D eigenvalue weighted by Crippen LogP contribution is -2.60. The third-order valence-electron chi connectivity index (χ3n) is 7.38. The first-order chi connectivity index (χ1) is 12.1. The van der Waals surface area contributed by atoms with Gasteiger partial charge in [-0.15, -0.1) is 0 Å². The molecule has 6 unspecified atom stereocenters. The highest BCUT2D eigenvalue weighted by molar-refractivity contribution is 5.86. The van der Waals surface area contributed by atoms with Gasteiger partial charge in [-0.1, -0.05) is 31.5 Å². The van der Waals surface area contributed by atoms with Gasteiger partial charge >= 0.3 is 0 Å². The summed E-state index contributed by atoms with van der Waals surface area (Å²) in [6, 6.07) is 9.59. The second-order valence-electron chi connectivity index (χ2n) is 8.26. The monoisotopic (exact) mass is 340 g/mol. The molecule has 2 saturated heterocycles. The van der Waals surface area contributed by atoms with Gasteiger partial charge in [0.05, 0.1) is 12.6 Å². The average Bonchev–Trinajstić information content (AvgIpc) is 2.88. The van der Waals surface area contributed by atoms with E-state index in [2.05, 4.69) is 54.8 Å². The summed E-state index contributed by atoms with van der Waals surface area (Å²) in [6.45, 7) is 2.98. The molecule has 6 atom stereocenters. The minimum absolute atomic E-state index is 0.229. The molecule has 25 heavy (non-hydrogen) atoms. The number of piperidine rings is 1. The van der Waals surface area contributed by atoms with Crippen molar-refractivity contribution < 1.29 is 9.84 Å². The van der Waals surface area contributed by atoms with Gasteiger partial charge in [-0.25, -0.2) is 0 Å². The number of benzene rings is 1. The fourth-order valence-electron chi connectivity index (χ4n) is 6.08. The van der Waals surface area contributed by atoms with Crippen molar-refractivity contribution in [2.24, 2.45) is 24.8 Å². The van der Waals surface area contributed by atoms with Crippen LogP contribution in [0.25, 0.3) is 10.9 Å². The molecule has 4 heteroatoms. The second kappa shape index (κ2) is 5.57. The van der Waals surface area contributed by atoms with E-state index in [0.717, 1.165) is 19.3 Å². The Kier molecular flexibility index (Phi) is 3.53. The van der Waals surface area contributed by atoms with Crippen LogP contribution < -0.4 is 0 Å². The molecule has 1 N–H and O–H groups in total. The van der Waals surface area contributed by atoms with Crippen molar-refractivity contribution >= 4 is 10.9 Å². The van der Waals surface area contributed by atoms with Gasteiger partial charge in [0.15, 0.2) is 6.29 Å². The van der Waals surface area contributed by atoms with Crippen LogP contribution in [0.1, 0.15) is 37.1 Å². The topological polar surface area (TPSA) is 37.6 Å². The van der Waals surface area contributed by atoms with E-state index >= 15 is 0 Å². The third kappa shape index (κ3) is 2.05. The number of rotatable bonds is 1. The van der Waals surface area contributed by atoms with Crippen molar-refractivity contribution in [3.8, 4) is 0 Å². The first kappa shape index (κ1) is 15.9. The Morgan fingerprint density at radius 2 is 2.04 bits per heavy atom. The van der Waals surface area contributed by atoms with Gasteiger partial charge in [-0.05, 0) is 43.4 Å². The van der Waals surface area contributed by atoms with Gasteiger partial charge in [0.25, 0.3) is 0 Å². The van der Waals surface area contributed by atoms with Crippen molar-refractivity contribution in [1.29, 1.82) is 0 Å². The lowest BCUT2D eigenvalue weighted by Gasteiger charge is -2.56. The number of likely N-dealkylation sites (N-methyl/N-ethyl adjacent to an activating group) is 1. The zero-order valence-corrected chi connectivity index (χ0v) is 15.4. The SMILES string of the molecule is CCC1COC(O)C2C1CC1c3c(c4ccccc4n3C)CC2N1C. The highest BCUT2D eigenvalue weighted by atomic mass is 16.6. The Morgan fingerprint density at radius 1 is 1.24 bits per heavy atom. The Hall–Kier alpha value is -1.36. The number of aromatic nitrogens is 1. The highest BCUT2D eigenvalue weighted by Gasteiger charge is 2.53. The molecule has 2 aromatic rings. The van der Waals surface area contributed by atoms with Crippen molar-refractivity contribution in [1.82, 2.24) is 9.47 Å². The van der Waals surface area contributed by atoms with E-state index in [4.69, 9.17) is 4.74 Å². The van der Waals surface area contributed by atoms with Gasteiger partial charge < -0.3 is 14.4 Å². The minimum atomic E-state index is -0.613. The molecule has 0 radical (unpaired) electrons. The van der Waals surface area contributed by atoms with E-state index in [1.165, 1.54) is 22.2 Å². The van der Waals surface area contributed by atoms with Crippen molar-refractivity contribution in [3.05, 3.63) is 35.5 Å². The van der Waals surface area contributed by atoms with E-state index in [9.17, 15) is 5.11 Å². The summed E-state index contributed by atoms with van der Waals surface area (Å²) >= 11 is 0. The van der Waals surface area contributed by atoms with Crippen molar-refractivity contribution in [2.75, 3.05) is 13.7 Å². The molecule has 1 aromatic carbocycles. The number of aryl methyl sites for hydroxylation is 1. The van der Waals surface area contributed by atoms with Gasteiger partial charge in [0.2, 0.25) is 0 Å². The van der Waals surface area contributed by atoms with E-state index in [-0.39, 0.29) is 5.92 Å². The first-order valence-electron chi connectivity index (χ1n) is 9.69. The number of aliphatic hydroxyl groups excluding tert-OH is 1. The number of aliphatic hydroxyl groups is 1. The van der Waals surface area contributed by atoms with E-state index < -0.39 is 6.29 Å². The Bertz CT molecular complexity index is 814. The molecule has 2 bridgehead atoms. The summed E-state index contributed by atoms with van der Waals surface area (Å²) in [5, 5.41) is 12.0. The standard InChI is InChI=1S/C21H28N2O2/c1-4-12-11-25-21(24)19-14(12)9-18-20-15(10-17(19)22(18)2)13-7-5-6-8-16(13)23(20)3/h5-8,12,14,17-19,21,24H,4,9-11H2,1-3H3. The Labute approximate surface area is 149 Å². The van der Waals surface area contributed by atoms with Crippen LogP contribution in [0.2, 0.25) is 0 Å². The molecule has 1 aromatic heterocycles. The number of nitrogens with zero attached hydrogens (tertiary/aromatic N) is 2. The van der Waals surface area contributed by atoms with Gasteiger partial charge in [0.1, 0.15) is 0 Å². The van der Waals surface area contributed by atoms with E-state index in [1.807, 2.05) is 0 Å². The molecule has 0 amide bonds. The molecule has 0 spiro atoms. The fraction of sp³-hybridized carbons (Fsp3) is 0.619. The van der Waals surface area contributed by atoms with Crippen LogP contribution in [0, 0.1) is 17.8 Å². The maximum absolute atomic E-state index is 10.7. The first-order valence-corrected chi connectivity index (χ1v) is 9.69. The Morgan fingerprint density at radius 3 is 2.84 bits per heavy atom. The maximum Gasteiger partial charge on any atom is 0.159 e. The van der Waals surface area contributed by atoms with Crippen LogP contribution in [0.5, 0.6) is 0 Å². The maximum atomic E-state index is 10.7. The molecule has 4 heterocycles. The number of hydrogen-bond donors (Lipinski definition) is 1. The molecular formula is C21H28N2O2. The number of para-hydroxylation sites is 1. The molecule has 2 fully saturated rings. The third-order valence-corrected chi connectivity index (χ3v) is 7.38. The van der Waals surface area contributed by atoms with Gasteiger partial charge in [0, 0.05) is 35.6 Å². The molecule has 134 valence electrons. The molecule has 3 aliphatic heterocycles. The molecule has 0 aliphatic carbocycles. The van der Waals surface area contributed by atoms with Gasteiger partial charge in [-0.2, -0.15) is 0 Å². The molecule has 5 rings (SSSR count). The van der Waals surface area contributed by atoms with Crippen molar-refractivity contribution in [2.45, 2.75) is 44.6 Å². The quantitative estimate of drug-likeness (QED) is 0.867. The fourth-order valence-corrected chi connectivity index (χ4v) is 6.08. The predicted octanol–water partition coefficient (Wildman–Crippen LogP) is 3.09. The lowest BCUT2D eigenvalue weighted by molar-refractivity contribution is -0.232. The predicted molar refractivity (Wildman–Crippen MR) is 98.3 cm³/mol. The minimum Gasteiger partial charge on any atom is -0.368 e. The zero-order valence-electron chi connectivity index (χ0n) is 15.4. The van der Waals surface area contributed by atoms with Crippen LogP contribution in [0.15, 0.2) is 24.3 Å². The lowest BCUT2D eigenvalue weighted by atomic mass is 9.64. The smallest absolute Gasteiger partial charge is 0.159 e. The van der Waals surface area contributed by atoms with Crippen LogP contribution in [-0.4, -0.2) is 40.6 Å². The Balaban J connectivity index is 1.67. The van der Waals surface area contributed by atoms with Crippen LogP contribution in [-0.2, 0) is 18.2 Å². The summed E-state index contributed by atoms with van der Waals surface area (Å²) in [4.78, 5) is 2.52. The van der Waals surface area contributed by atoms with Crippen molar-refractivity contribution in [3.63, 3.8) is 0 Å². The van der Waals surface area contributed by atoms with Crippen LogP contribution in [0.3, 0.4) is 0 Å². The molecule has 4 nitrogen and oxygen atoms in total. The molecule has 0 saturated carbocycles. The van der Waals surface area contributed by atoms with Gasteiger partial charge in [-0.3, -0.25) is 4.90 Å². The number of fused-ring (bicyclic) bond motifs is 8. The highest BCUT2D eigenvalue weighted by Crippen LogP contribution is 2.52. The second-order valence-corrected chi connectivity index (χ2v) is 8.26. The molecular weight excluding hydrogens is 312 g/mol. The summed E-state index contributed by atoms with van der Waals surface area (Å²) < 4.78 is 8.21. The normalized spacial score (nSPS) is 37.8. The number of ether oxygens (including phenoxy) is 1.